The number of aliphatic hydroxyl groups is 1. The van der Waals surface area contributed by atoms with Gasteiger partial charge in [-0.1, -0.05) is 29.6 Å². The third-order valence-electron chi connectivity index (χ3n) is 4.06. The fraction of sp³-hybridized carbons (Fsp3) is 0.375. The van der Waals surface area contributed by atoms with Crippen LogP contribution in [0.3, 0.4) is 0 Å². The second-order valence-corrected chi connectivity index (χ2v) is 6.09. The highest BCUT2D eigenvalue weighted by atomic mass is 35.5. The Morgan fingerprint density at radius 3 is 2.61 bits per heavy atom. The van der Waals surface area contributed by atoms with Gasteiger partial charge in [0, 0.05) is 10.6 Å². The van der Waals surface area contributed by atoms with Crippen molar-refractivity contribution in [3.05, 3.63) is 34.9 Å². The quantitative estimate of drug-likeness (QED) is 0.792. The SMILES string of the molecule is O=C(O)c1c(NC2CCCCC2O)noc1-c1ccc(Cl)cc1. The van der Waals surface area contributed by atoms with E-state index < -0.39 is 12.1 Å². The van der Waals surface area contributed by atoms with Gasteiger partial charge in [0.05, 0.1) is 12.1 Å². The van der Waals surface area contributed by atoms with Crippen LogP contribution in [0.25, 0.3) is 11.3 Å². The first-order valence-electron chi connectivity index (χ1n) is 7.50. The molecule has 1 aromatic heterocycles. The lowest BCUT2D eigenvalue weighted by Gasteiger charge is -2.28. The molecule has 0 aliphatic heterocycles. The Bertz CT molecular complexity index is 699. The van der Waals surface area contributed by atoms with E-state index in [1.807, 2.05) is 0 Å². The third kappa shape index (κ3) is 3.33. The summed E-state index contributed by atoms with van der Waals surface area (Å²) < 4.78 is 5.24. The summed E-state index contributed by atoms with van der Waals surface area (Å²) in [5, 5.41) is 27.0. The number of hydrogen-bond acceptors (Lipinski definition) is 5. The Labute approximate surface area is 138 Å². The first kappa shape index (κ1) is 15.8. The Hall–Kier alpha value is -2.05. The van der Waals surface area contributed by atoms with Gasteiger partial charge in [-0.05, 0) is 37.1 Å². The molecule has 2 aromatic rings. The van der Waals surface area contributed by atoms with Crippen LogP contribution in [0, 0.1) is 0 Å². The monoisotopic (exact) mass is 336 g/mol. The van der Waals surface area contributed by atoms with Gasteiger partial charge in [-0.2, -0.15) is 0 Å². The molecule has 0 amide bonds. The predicted molar refractivity (Wildman–Crippen MR) is 85.8 cm³/mol. The molecule has 0 saturated heterocycles. The second kappa shape index (κ2) is 6.60. The number of halogens is 1. The molecule has 0 radical (unpaired) electrons. The summed E-state index contributed by atoms with van der Waals surface area (Å²) in [6, 6.07) is 6.44. The summed E-state index contributed by atoms with van der Waals surface area (Å²) in [6.45, 7) is 0. The van der Waals surface area contributed by atoms with Crippen LogP contribution in [-0.4, -0.2) is 33.5 Å². The lowest BCUT2D eigenvalue weighted by molar-refractivity contribution is 0.0697. The molecular weight excluding hydrogens is 320 g/mol. The van der Waals surface area contributed by atoms with Crippen molar-refractivity contribution in [3.63, 3.8) is 0 Å². The van der Waals surface area contributed by atoms with E-state index in [0.717, 1.165) is 19.3 Å². The second-order valence-electron chi connectivity index (χ2n) is 5.65. The van der Waals surface area contributed by atoms with Crippen molar-refractivity contribution in [2.75, 3.05) is 5.32 Å². The number of hydrogen-bond donors (Lipinski definition) is 3. The highest BCUT2D eigenvalue weighted by molar-refractivity contribution is 6.30. The Balaban J connectivity index is 1.92. The van der Waals surface area contributed by atoms with Crippen molar-refractivity contribution in [1.29, 1.82) is 0 Å². The minimum atomic E-state index is -1.14. The third-order valence-corrected chi connectivity index (χ3v) is 4.32. The van der Waals surface area contributed by atoms with E-state index in [1.54, 1.807) is 24.3 Å². The number of carboxylic acid groups (broad SMARTS) is 1. The van der Waals surface area contributed by atoms with Crippen LogP contribution in [0.15, 0.2) is 28.8 Å². The summed E-state index contributed by atoms with van der Waals surface area (Å²) in [5.41, 5.74) is 0.543. The molecule has 1 aliphatic rings. The largest absolute Gasteiger partial charge is 0.477 e. The molecule has 7 heteroatoms. The molecule has 122 valence electrons. The number of aliphatic hydroxyl groups excluding tert-OH is 1. The lowest BCUT2D eigenvalue weighted by atomic mass is 9.92. The summed E-state index contributed by atoms with van der Waals surface area (Å²) in [5.74, 6) is -0.820. The van der Waals surface area contributed by atoms with E-state index in [4.69, 9.17) is 16.1 Å². The molecule has 1 saturated carbocycles. The van der Waals surface area contributed by atoms with Crippen LogP contribution in [0.2, 0.25) is 5.02 Å². The zero-order chi connectivity index (χ0) is 16.4. The molecule has 1 heterocycles. The van der Waals surface area contributed by atoms with Gasteiger partial charge in [0.2, 0.25) is 0 Å². The van der Waals surface area contributed by atoms with E-state index in [0.29, 0.717) is 17.0 Å². The molecule has 1 fully saturated rings. The van der Waals surface area contributed by atoms with E-state index in [9.17, 15) is 15.0 Å². The Morgan fingerprint density at radius 2 is 1.96 bits per heavy atom. The van der Waals surface area contributed by atoms with Crippen molar-refractivity contribution in [2.24, 2.45) is 0 Å². The molecule has 3 rings (SSSR count). The van der Waals surface area contributed by atoms with Crippen LogP contribution in [0.4, 0.5) is 5.82 Å². The summed E-state index contributed by atoms with van der Waals surface area (Å²) in [4.78, 5) is 11.6. The topological polar surface area (TPSA) is 95.6 Å². The van der Waals surface area contributed by atoms with Gasteiger partial charge in [-0.25, -0.2) is 4.79 Å². The molecule has 0 spiro atoms. The van der Waals surface area contributed by atoms with Gasteiger partial charge in [-0.15, -0.1) is 0 Å². The van der Waals surface area contributed by atoms with Crippen molar-refractivity contribution in [3.8, 4) is 11.3 Å². The summed E-state index contributed by atoms with van der Waals surface area (Å²) in [7, 11) is 0. The van der Waals surface area contributed by atoms with Gasteiger partial charge < -0.3 is 20.1 Å². The van der Waals surface area contributed by atoms with Gasteiger partial charge in [0.15, 0.2) is 17.1 Å². The van der Waals surface area contributed by atoms with E-state index in [-0.39, 0.29) is 23.2 Å². The average Bonchev–Trinajstić information content (AvgIpc) is 2.94. The number of aromatic nitrogens is 1. The van der Waals surface area contributed by atoms with Crippen molar-refractivity contribution >= 4 is 23.4 Å². The molecule has 2 atom stereocenters. The van der Waals surface area contributed by atoms with Crippen molar-refractivity contribution in [2.45, 2.75) is 37.8 Å². The minimum Gasteiger partial charge on any atom is -0.477 e. The molecule has 0 bridgehead atoms. The Morgan fingerprint density at radius 1 is 1.26 bits per heavy atom. The minimum absolute atomic E-state index is 0.0369. The van der Waals surface area contributed by atoms with Crippen molar-refractivity contribution < 1.29 is 19.5 Å². The predicted octanol–water partition coefficient (Wildman–Crippen LogP) is 3.41. The number of rotatable bonds is 4. The fourth-order valence-electron chi connectivity index (χ4n) is 2.84. The zero-order valence-electron chi connectivity index (χ0n) is 12.3. The molecule has 2 unspecified atom stereocenters. The number of aromatic carboxylic acids is 1. The van der Waals surface area contributed by atoms with Crippen LogP contribution in [0.5, 0.6) is 0 Å². The first-order chi connectivity index (χ1) is 11.1. The van der Waals surface area contributed by atoms with Crippen LogP contribution >= 0.6 is 11.6 Å². The summed E-state index contributed by atoms with van der Waals surface area (Å²) in [6.07, 6.45) is 2.91. The van der Waals surface area contributed by atoms with Gasteiger partial charge in [-0.3, -0.25) is 0 Å². The highest BCUT2D eigenvalue weighted by Gasteiger charge is 2.29. The maximum Gasteiger partial charge on any atom is 0.343 e. The normalized spacial score (nSPS) is 21.1. The number of anilines is 1. The maximum atomic E-state index is 11.6. The molecule has 1 aromatic carbocycles. The molecule has 6 nitrogen and oxygen atoms in total. The molecule has 3 N–H and O–H groups in total. The van der Waals surface area contributed by atoms with Gasteiger partial charge >= 0.3 is 5.97 Å². The molecular formula is C16H17ClN2O4. The smallest absolute Gasteiger partial charge is 0.343 e. The number of nitrogens with one attached hydrogen (secondary N) is 1. The lowest BCUT2D eigenvalue weighted by Crippen LogP contribution is -2.36. The standard InChI is InChI=1S/C16H17ClN2O4/c17-10-7-5-9(6-8-10)14-13(16(21)22)15(19-23-14)18-11-3-1-2-4-12(11)20/h5-8,11-12,20H,1-4H2,(H,18,19)(H,21,22). The van der Waals surface area contributed by atoms with Gasteiger partial charge in [0.25, 0.3) is 0 Å². The molecule has 1 aliphatic carbocycles. The average molecular weight is 337 g/mol. The Kier molecular flexibility index (Phi) is 4.54. The van der Waals surface area contributed by atoms with Crippen LogP contribution in [-0.2, 0) is 0 Å². The highest BCUT2D eigenvalue weighted by Crippen LogP contribution is 2.32. The van der Waals surface area contributed by atoms with Crippen molar-refractivity contribution in [1.82, 2.24) is 5.16 Å². The van der Waals surface area contributed by atoms with E-state index >= 15 is 0 Å². The first-order valence-corrected chi connectivity index (χ1v) is 7.87. The number of nitrogens with zero attached hydrogens (tertiary/aromatic N) is 1. The maximum absolute atomic E-state index is 11.6. The van der Waals surface area contributed by atoms with Crippen LogP contribution < -0.4 is 5.32 Å². The molecule has 23 heavy (non-hydrogen) atoms. The summed E-state index contributed by atoms with van der Waals surface area (Å²) >= 11 is 5.85. The van der Waals surface area contributed by atoms with E-state index in [1.165, 1.54) is 0 Å². The van der Waals surface area contributed by atoms with Gasteiger partial charge in [0.1, 0.15) is 0 Å². The number of benzene rings is 1. The number of carboxylic acids is 1. The number of carbonyl (C=O) groups is 1. The fourth-order valence-corrected chi connectivity index (χ4v) is 2.97. The zero-order valence-corrected chi connectivity index (χ0v) is 13.1. The van der Waals surface area contributed by atoms with Crippen LogP contribution in [0.1, 0.15) is 36.0 Å². The van der Waals surface area contributed by atoms with E-state index in [2.05, 4.69) is 10.5 Å².